The molecular formula is C10H11Cl2NS. The van der Waals surface area contributed by atoms with Crippen molar-refractivity contribution < 1.29 is 0 Å². The Kier molecular flexibility index (Phi) is 3.47. The first-order valence-corrected chi connectivity index (χ1v) is 6.45. The maximum absolute atomic E-state index is 5.91. The number of thioether (sulfide) groups is 1. The molecule has 0 aliphatic carbocycles. The zero-order valence-corrected chi connectivity index (χ0v) is 9.92. The van der Waals surface area contributed by atoms with Crippen LogP contribution in [0.3, 0.4) is 0 Å². The van der Waals surface area contributed by atoms with Gasteiger partial charge in [-0.1, -0.05) is 23.2 Å². The molecule has 0 spiro atoms. The maximum Gasteiger partial charge on any atom is 0.0441 e. The van der Waals surface area contributed by atoms with Gasteiger partial charge in [-0.25, -0.2) is 0 Å². The molecule has 0 amide bonds. The molecule has 0 bridgehead atoms. The van der Waals surface area contributed by atoms with Crippen molar-refractivity contribution in [2.45, 2.75) is 12.5 Å². The smallest absolute Gasteiger partial charge is 0.0441 e. The molecular weight excluding hydrogens is 237 g/mol. The van der Waals surface area contributed by atoms with Gasteiger partial charge >= 0.3 is 0 Å². The zero-order valence-electron chi connectivity index (χ0n) is 7.59. The number of benzene rings is 1. The molecule has 1 atom stereocenters. The number of halogens is 2. The Labute approximate surface area is 98.2 Å². The van der Waals surface area contributed by atoms with Gasteiger partial charge in [-0.05, 0) is 30.4 Å². The van der Waals surface area contributed by atoms with Crippen molar-refractivity contribution in [3.63, 3.8) is 0 Å². The molecule has 0 radical (unpaired) electrons. The van der Waals surface area contributed by atoms with Crippen molar-refractivity contribution in [3.05, 3.63) is 28.2 Å². The molecule has 1 N–H and O–H groups in total. The van der Waals surface area contributed by atoms with E-state index in [0.717, 1.165) is 5.69 Å². The lowest BCUT2D eigenvalue weighted by molar-refractivity contribution is 0.813. The molecule has 76 valence electrons. The third kappa shape index (κ3) is 2.72. The largest absolute Gasteiger partial charge is 0.381 e. The fourth-order valence-corrected chi connectivity index (χ4v) is 3.20. The Morgan fingerprint density at radius 3 is 2.50 bits per heavy atom. The summed E-state index contributed by atoms with van der Waals surface area (Å²) in [7, 11) is 0. The monoisotopic (exact) mass is 247 g/mol. The minimum atomic E-state index is 0.564. The van der Waals surface area contributed by atoms with Gasteiger partial charge < -0.3 is 5.32 Å². The number of hydrogen-bond acceptors (Lipinski definition) is 2. The predicted molar refractivity (Wildman–Crippen MR) is 65.8 cm³/mol. The SMILES string of the molecule is Clc1cc(Cl)cc(N[C@H]2CCSC2)c1. The minimum absolute atomic E-state index is 0.564. The number of anilines is 1. The van der Waals surface area contributed by atoms with Gasteiger partial charge in [0.2, 0.25) is 0 Å². The fourth-order valence-electron chi connectivity index (χ4n) is 1.52. The van der Waals surface area contributed by atoms with Gasteiger partial charge in [0.15, 0.2) is 0 Å². The number of nitrogens with one attached hydrogen (secondary N) is 1. The second-order valence-electron chi connectivity index (χ2n) is 3.36. The lowest BCUT2D eigenvalue weighted by atomic mass is 10.2. The van der Waals surface area contributed by atoms with E-state index in [1.807, 2.05) is 23.9 Å². The van der Waals surface area contributed by atoms with E-state index < -0.39 is 0 Å². The van der Waals surface area contributed by atoms with Crippen molar-refractivity contribution in [2.24, 2.45) is 0 Å². The van der Waals surface area contributed by atoms with Crippen molar-refractivity contribution in [3.8, 4) is 0 Å². The van der Waals surface area contributed by atoms with Gasteiger partial charge in [0.25, 0.3) is 0 Å². The summed E-state index contributed by atoms with van der Waals surface area (Å²) in [6, 6.07) is 6.14. The highest BCUT2D eigenvalue weighted by Gasteiger charge is 2.14. The van der Waals surface area contributed by atoms with Crippen LogP contribution in [0.4, 0.5) is 5.69 Å². The van der Waals surface area contributed by atoms with Crippen LogP contribution < -0.4 is 5.32 Å². The van der Waals surface area contributed by atoms with E-state index in [1.54, 1.807) is 6.07 Å². The Hall–Kier alpha value is -0.0500. The molecule has 14 heavy (non-hydrogen) atoms. The van der Waals surface area contributed by atoms with Crippen LogP contribution in [0.5, 0.6) is 0 Å². The number of hydrogen-bond donors (Lipinski definition) is 1. The summed E-state index contributed by atoms with van der Waals surface area (Å²) in [5.74, 6) is 2.41. The van der Waals surface area contributed by atoms with Gasteiger partial charge in [-0.15, -0.1) is 0 Å². The Bertz CT molecular complexity index is 304. The van der Waals surface area contributed by atoms with E-state index in [2.05, 4.69) is 5.32 Å². The van der Waals surface area contributed by atoms with Crippen molar-refractivity contribution in [1.82, 2.24) is 0 Å². The van der Waals surface area contributed by atoms with Crippen molar-refractivity contribution >= 4 is 40.7 Å². The fraction of sp³-hybridized carbons (Fsp3) is 0.400. The third-order valence-electron chi connectivity index (χ3n) is 2.16. The van der Waals surface area contributed by atoms with E-state index in [1.165, 1.54) is 17.9 Å². The van der Waals surface area contributed by atoms with E-state index in [4.69, 9.17) is 23.2 Å². The summed E-state index contributed by atoms with van der Waals surface area (Å²) in [4.78, 5) is 0. The molecule has 0 aromatic heterocycles. The molecule has 1 heterocycles. The van der Waals surface area contributed by atoms with Crippen LogP contribution in [-0.2, 0) is 0 Å². The average Bonchev–Trinajstić information content (AvgIpc) is 2.54. The molecule has 1 aromatic carbocycles. The van der Waals surface area contributed by atoms with E-state index >= 15 is 0 Å². The maximum atomic E-state index is 5.91. The average molecular weight is 248 g/mol. The lowest BCUT2D eigenvalue weighted by Gasteiger charge is -2.13. The van der Waals surface area contributed by atoms with Gasteiger partial charge in [0, 0.05) is 27.5 Å². The van der Waals surface area contributed by atoms with Gasteiger partial charge in [-0.2, -0.15) is 11.8 Å². The molecule has 1 aliphatic rings. The van der Waals surface area contributed by atoms with Gasteiger partial charge in [-0.3, -0.25) is 0 Å². The Balaban J connectivity index is 2.07. The highest BCUT2D eigenvalue weighted by molar-refractivity contribution is 7.99. The van der Waals surface area contributed by atoms with Crippen LogP contribution in [0.25, 0.3) is 0 Å². The molecule has 1 aromatic rings. The number of rotatable bonds is 2. The summed E-state index contributed by atoms with van der Waals surface area (Å²) in [5.41, 5.74) is 1.02. The first-order chi connectivity index (χ1) is 6.74. The quantitative estimate of drug-likeness (QED) is 0.851. The Morgan fingerprint density at radius 2 is 1.93 bits per heavy atom. The molecule has 0 saturated carbocycles. The first kappa shape index (κ1) is 10.5. The highest BCUT2D eigenvalue weighted by Crippen LogP contribution is 2.26. The summed E-state index contributed by atoms with van der Waals surface area (Å²) in [6.45, 7) is 0. The summed E-state index contributed by atoms with van der Waals surface area (Å²) in [6.07, 6.45) is 1.22. The molecule has 2 rings (SSSR count). The standard InChI is InChI=1S/C10H11Cl2NS/c11-7-3-8(12)5-10(4-7)13-9-1-2-14-6-9/h3-5,9,13H,1-2,6H2/t9-/m0/s1. The molecule has 0 unspecified atom stereocenters. The predicted octanol–water partition coefficient (Wildman–Crippen LogP) is 3.91. The summed E-state index contributed by atoms with van der Waals surface area (Å²) < 4.78 is 0. The van der Waals surface area contributed by atoms with Crippen LogP contribution in [0.2, 0.25) is 10.0 Å². The molecule has 1 aliphatic heterocycles. The lowest BCUT2D eigenvalue weighted by Crippen LogP contribution is -2.17. The van der Waals surface area contributed by atoms with Gasteiger partial charge in [0.1, 0.15) is 0 Å². The summed E-state index contributed by atoms with van der Waals surface area (Å²) >= 11 is 13.8. The molecule has 1 saturated heterocycles. The van der Waals surface area contributed by atoms with E-state index in [9.17, 15) is 0 Å². The van der Waals surface area contributed by atoms with Crippen LogP contribution in [-0.4, -0.2) is 17.5 Å². The van der Waals surface area contributed by atoms with Crippen molar-refractivity contribution in [2.75, 3.05) is 16.8 Å². The second-order valence-corrected chi connectivity index (χ2v) is 5.39. The van der Waals surface area contributed by atoms with E-state index in [-0.39, 0.29) is 0 Å². The van der Waals surface area contributed by atoms with Gasteiger partial charge in [0.05, 0.1) is 0 Å². The van der Waals surface area contributed by atoms with Crippen LogP contribution in [0.15, 0.2) is 18.2 Å². The van der Waals surface area contributed by atoms with Crippen LogP contribution in [0.1, 0.15) is 6.42 Å². The van der Waals surface area contributed by atoms with Crippen LogP contribution in [0, 0.1) is 0 Å². The zero-order chi connectivity index (χ0) is 9.97. The molecule has 4 heteroatoms. The minimum Gasteiger partial charge on any atom is -0.381 e. The second kappa shape index (κ2) is 4.65. The topological polar surface area (TPSA) is 12.0 Å². The van der Waals surface area contributed by atoms with Crippen molar-refractivity contribution in [1.29, 1.82) is 0 Å². The normalized spacial score (nSPS) is 21.1. The van der Waals surface area contributed by atoms with Crippen LogP contribution >= 0.6 is 35.0 Å². The van der Waals surface area contributed by atoms with E-state index in [0.29, 0.717) is 16.1 Å². The Morgan fingerprint density at radius 1 is 1.21 bits per heavy atom. The molecule has 1 nitrogen and oxygen atoms in total. The first-order valence-electron chi connectivity index (χ1n) is 4.54. The summed E-state index contributed by atoms with van der Waals surface area (Å²) in [5, 5.41) is 4.80. The molecule has 1 fully saturated rings. The third-order valence-corrected chi connectivity index (χ3v) is 3.76. The highest BCUT2D eigenvalue weighted by atomic mass is 35.5.